The highest BCUT2D eigenvalue weighted by atomic mass is 35.5. The van der Waals surface area contributed by atoms with Gasteiger partial charge in [0.05, 0.1) is 10.6 Å². The Morgan fingerprint density at radius 3 is 2.70 bits per heavy atom. The number of carbonyl (C=O) groups is 2. The van der Waals surface area contributed by atoms with Gasteiger partial charge in [-0.3, -0.25) is 9.59 Å². The Labute approximate surface area is 127 Å². The van der Waals surface area contributed by atoms with Crippen molar-refractivity contribution in [1.82, 2.24) is 4.90 Å². The number of nitrogens with zero attached hydrogens (tertiary/aromatic N) is 1. The lowest BCUT2D eigenvalue weighted by Crippen LogP contribution is -2.37. The largest absolute Gasteiger partial charge is 0.480 e. The molecular formula is C14H16ClNO3S. The summed E-state index contributed by atoms with van der Waals surface area (Å²) in [5, 5.41) is 9.31. The molecule has 0 radical (unpaired) electrons. The molecule has 6 heteroatoms. The Morgan fingerprint density at radius 2 is 2.15 bits per heavy atom. The number of amides is 1. The SMILES string of the molecule is CSc1ccc(Cl)c(C(=O)N(CC(=O)O)CC2CC2)c1. The van der Waals surface area contributed by atoms with E-state index in [1.54, 1.807) is 12.1 Å². The minimum atomic E-state index is -1.00. The number of hydrogen-bond acceptors (Lipinski definition) is 3. The smallest absolute Gasteiger partial charge is 0.323 e. The van der Waals surface area contributed by atoms with Crippen molar-refractivity contribution in [2.45, 2.75) is 17.7 Å². The summed E-state index contributed by atoms with van der Waals surface area (Å²) in [6.07, 6.45) is 4.03. The second-order valence-corrected chi connectivity index (χ2v) is 6.16. The van der Waals surface area contributed by atoms with E-state index in [4.69, 9.17) is 16.7 Å². The van der Waals surface area contributed by atoms with E-state index in [0.29, 0.717) is 23.0 Å². The highest BCUT2D eigenvalue weighted by Crippen LogP contribution is 2.31. The Bertz CT molecular complexity index is 531. The first-order chi connectivity index (χ1) is 9.51. The molecule has 1 fully saturated rings. The Kier molecular flexibility index (Phi) is 4.94. The Balaban J connectivity index is 2.22. The number of hydrogen-bond donors (Lipinski definition) is 1. The van der Waals surface area contributed by atoms with E-state index in [-0.39, 0.29) is 12.5 Å². The molecule has 0 aromatic heterocycles. The van der Waals surface area contributed by atoms with Crippen LogP contribution in [0.3, 0.4) is 0 Å². The van der Waals surface area contributed by atoms with E-state index in [1.165, 1.54) is 16.7 Å². The molecule has 0 spiro atoms. The van der Waals surface area contributed by atoms with Gasteiger partial charge in [0, 0.05) is 11.4 Å². The van der Waals surface area contributed by atoms with Crippen molar-refractivity contribution in [1.29, 1.82) is 0 Å². The van der Waals surface area contributed by atoms with Crippen molar-refractivity contribution in [2.24, 2.45) is 5.92 Å². The molecule has 0 unspecified atom stereocenters. The molecule has 0 aliphatic heterocycles. The molecule has 1 aromatic carbocycles. The normalized spacial score (nSPS) is 14.1. The lowest BCUT2D eigenvalue weighted by atomic mass is 10.2. The van der Waals surface area contributed by atoms with Crippen LogP contribution in [0.1, 0.15) is 23.2 Å². The number of thioether (sulfide) groups is 1. The third kappa shape index (κ3) is 3.90. The van der Waals surface area contributed by atoms with Crippen LogP contribution in [-0.2, 0) is 4.79 Å². The molecule has 108 valence electrons. The number of halogens is 1. The fourth-order valence-corrected chi connectivity index (χ4v) is 2.60. The van der Waals surface area contributed by atoms with Crippen molar-refractivity contribution in [2.75, 3.05) is 19.3 Å². The molecule has 20 heavy (non-hydrogen) atoms. The zero-order valence-corrected chi connectivity index (χ0v) is 12.7. The summed E-state index contributed by atoms with van der Waals surface area (Å²) in [5.74, 6) is -0.878. The highest BCUT2D eigenvalue weighted by molar-refractivity contribution is 7.98. The van der Waals surface area contributed by atoms with Gasteiger partial charge in [0.25, 0.3) is 5.91 Å². The van der Waals surface area contributed by atoms with E-state index in [1.807, 2.05) is 12.3 Å². The van der Waals surface area contributed by atoms with Crippen LogP contribution < -0.4 is 0 Å². The summed E-state index contributed by atoms with van der Waals surface area (Å²) in [6, 6.07) is 5.24. The van der Waals surface area contributed by atoms with Crippen LogP contribution in [0, 0.1) is 5.92 Å². The van der Waals surface area contributed by atoms with Crippen LogP contribution in [0.15, 0.2) is 23.1 Å². The lowest BCUT2D eigenvalue weighted by molar-refractivity contribution is -0.137. The molecule has 1 saturated carbocycles. The minimum absolute atomic E-state index is 0.283. The first-order valence-electron chi connectivity index (χ1n) is 6.36. The standard InChI is InChI=1S/C14H16ClNO3S/c1-20-10-4-5-12(15)11(6-10)14(19)16(8-13(17)18)7-9-2-3-9/h4-6,9H,2-3,7-8H2,1H3,(H,17,18). The lowest BCUT2D eigenvalue weighted by Gasteiger charge is -2.21. The first kappa shape index (κ1) is 15.2. The fraction of sp³-hybridized carbons (Fsp3) is 0.429. The van der Waals surface area contributed by atoms with Gasteiger partial charge in [0.2, 0.25) is 0 Å². The number of carboxylic acid groups (broad SMARTS) is 1. The van der Waals surface area contributed by atoms with E-state index in [2.05, 4.69) is 0 Å². The van der Waals surface area contributed by atoms with E-state index in [9.17, 15) is 9.59 Å². The third-order valence-electron chi connectivity index (χ3n) is 3.19. The topological polar surface area (TPSA) is 57.6 Å². The van der Waals surface area contributed by atoms with Gasteiger partial charge in [0.1, 0.15) is 6.54 Å². The number of benzene rings is 1. The van der Waals surface area contributed by atoms with Gasteiger partial charge in [-0.05, 0) is 43.2 Å². The molecular weight excluding hydrogens is 298 g/mol. The van der Waals surface area contributed by atoms with E-state index in [0.717, 1.165) is 17.7 Å². The maximum atomic E-state index is 12.5. The maximum Gasteiger partial charge on any atom is 0.323 e. The van der Waals surface area contributed by atoms with Gasteiger partial charge in [-0.1, -0.05) is 11.6 Å². The molecule has 1 aliphatic carbocycles. The molecule has 1 aliphatic rings. The van der Waals surface area contributed by atoms with Crippen LogP contribution in [0.5, 0.6) is 0 Å². The van der Waals surface area contributed by atoms with Gasteiger partial charge in [-0.25, -0.2) is 0 Å². The molecule has 0 heterocycles. The summed E-state index contributed by atoms with van der Waals surface area (Å²) < 4.78 is 0. The number of carbonyl (C=O) groups excluding carboxylic acids is 1. The molecule has 4 nitrogen and oxygen atoms in total. The minimum Gasteiger partial charge on any atom is -0.480 e. The highest BCUT2D eigenvalue weighted by Gasteiger charge is 2.29. The molecule has 2 rings (SSSR count). The van der Waals surface area contributed by atoms with E-state index < -0.39 is 5.97 Å². The van der Waals surface area contributed by atoms with E-state index >= 15 is 0 Å². The van der Waals surface area contributed by atoms with Crippen molar-refractivity contribution >= 4 is 35.2 Å². The molecule has 0 saturated heterocycles. The number of carboxylic acids is 1. The average molecular weight is 314 g/mol. The zero-order valence-electron chi connectivity index (χ0n) is 11.1. The predicted octanol–water partition coefficient (Wildman–Crippen LogP) is 3.00. The molecule has 0 atom stereocenters. The van der Waals surface area contributed by atoms with Crippen LogP contribution in [0.2, 0.25) is 5.02 Å². The maximum absolute atomic E-state index is 12.5. The van der Waals surface area contributed by atoms with Gasteiger partial charge >= 0.3 is 5.97 Å². The summed E-state index contributed by atoms with van der Waals surface area (Å²) >= 11 is 7.59. The van der Waals surface area contributed by atoms with Crippen LogP contribution in [0.25, 0.3) is 0 Å². The van der Waals surface area contributed by atoms with Crippen LogP contribution >= 0.6 is 23.4 Å². The summed E-state index contributed by atoms with van der Waals surface area (Å²) in [5.41, 5.74) is 0.375. The third-order valence-corrected chi connectivity index (χ3v) is 4.25. The Hall–Kier alpha value is -1.20. The average Bonchev–Trinajstić information content (AvgIpc) is 3.21. The summed E-state index contributed by atoms with van der Waals surface area (Å²) in [6.45, 7) is 0.208. The number of rotatable bonds is 6. The Morgan fingerprint density at radius 1 is 1.45 bits per heavy atom. The molecule has 1 aromatic rings. The van der Waals surface area contributed by atoms with Crippen molar-refractivity contribution in [3.63, 3.8) is 0 Å². The molecule has 1 N–H and O–H groups in total. The first-order valence-corrected chi connectivity index (χ1v) is 7.96. The second-order valence-electron chi connectivity index (χ2n) is 4.87. The fourth-order valence-electron chi connectivity index (χ4n) is 1.96. The van der Waals surface area contributed by atoms with Crippen molar-refractivity contribution < 1.29 is 14.7 Å². The molecule has 1 amide bonds. The van der Waals surface area contributed by atoms with Gasteiger partial charge in [0.15, 0.2) is 0 Å². The van der Waals surface area contributed by atoms with Gasteiger partial charge in [-0.2, -0.15) is 0 Å². The van der Waals surface area contributed by atoms with Gasteiger partial charge < -0.3 is 10.0 Å². The predicted molar refractivity (Wildman–Crippen MR) is 79.5 cm³/mol. The monoisotopic (exact) mass is 313 g/mol. The summed E-state index contributed by atoms with van der Waals surface area (Å²) in [7, 11) is 0. The quantitative estimate of drug-likeness (QED) is 0.820. The van der Waals surface area contributed by atoms with Gasteiger partial charge in [-0.15, -0.1) is 11.8 Å². The second kappa shape index (κ2) is 6.50. The van der Waals surface area contributed by atoms with Crippen molar-refractivity contribution in [3.05, 3.63) is 28.8 Å². The van der Waals surface area contributed by atoms with Crippen LogP contribution in [-0.4, -0.2) is 41.2 Å². The number of aliphatic carboxylic acids is 1. The summed E-state index contributed by atoms with van der Waals surface area (Å²) in [4.78, 5) is 25.7. The molecule has 0 bridgehead atoms. The van der Waals surface area contributed by atoms with Crippen molar-refractivity contribution in [3.8, 4) is 0 Å². The van der Waals surface area contributed by atoms with Crippen LogP contribution in [0.4, 0.5) is 0 Å². The zero-order chi connectivity index (χ0) is 14.7.